The molecule has 0 atom stereocenters. The molecule has 0 saturated heterocycles. The van der Waals surface area contributed by atoms with Crippen LogP contribution >= 0.6 is 0 Å². The largest absolute Gasteiger partial charge is 0.464 e. The third-order valence-corrected chi connectivity index (χ3v) is 2.27. The molecule has 7 heteroatoms. The van der Waals surface area contributed by atoms with Crippen molar-refractivity contribution in [1.82, 2.24) is 5.16 Å². The van der Waals surface area contributed by atoms with Gasteiger partial charge in [0.05, 0.1) is 12.0 Å². The minimum absolute atomic E-state index is 0.0218. The molecule has 0 amide bonds. The van der Waals surface area contributed by atoms with E-state index in [4.69, 9.17) is 4.52 Å². The summed E-state index contributed by atoms with van der Waals surface area (Å²) in [6, 6.07) is 7.12. The van der Waals surface area contributed by atoms with Crippen LogP contribution in [0.15, 0.2) is 34.9 Å². The second-order valence-corrected chi connectivity index (χ2v) is 3.37. The van der Waals surface area contributed by atoms with Gasteiger partial charge in [-0.15, -0.1) is 0 Å². The number of carbonyl (C=O) groups excluding carboxylic acids is 1. The Bertz CT molecular complexity index is 588. The number of nitro groups is 1. The Labute approximate surface area is 101 Å². The number of carbonyl (C=O) groups is 1. The van der Waals surface area contributed by atoms with Crippen molar-refractivity contribution in [3.63, 3.8) is 0 Å². The zero-order chi connectivity index (χ0) is 13.1. The van der Waals surface area contributed by atoms with Gasteiger partial charge in [0.25, 0.3) is 5.69 Å². The Hall–Kier alpha value is -2.70. The lowest BCUT2D eigenvalue weighted by Crippen LogP contribution is -2.00. The third kappa shape index (κ3) is 2.19. The van der Waals surface area contributed by atoms with Crippen LogP contribution in [0.5, 0.6) is 0 Å². The van der Waals surface area contributed by atoms with Crippen molar-refractivity contribution < 1.29 is 19.0 Å². The first-order valence-electron chi connectivity index (χ1n) is 4.91. The van der Waals surface area contributed by atoms with E-state index in [1.807, 2.05) is 0 Å². The summed E-state index contributed by atoms with van der Waals surface area (Å²) in [6.07, 6.45) is 0. The number of aromatic nitrogens is 1. The summed E-state index contributed by atoms with van der Waals surface area (Å²) in [5.74, 6) is -0.266. The summed E-state index contributed by atoms with van der Waals surface area (Å²) in [7, 11) is 1.24. The minimum atomic E-state index is -0.605. The van der Waals surface area contributed by atoms with Crippen molar-refractivity contribution in [1.29, 1.82) is 0 Å². The van der Waals surface area contributed by atoms with E-state index in [0.29, 0.717) is 11.3 Å². The molecule has 0 unspecified atom stereocenters. The SMILES string of the molecule is COC(=O)c1cc(-c2ccc([N+](=O)[O-])cc2)on1. The topological polar surface area (TPSA) is 95.5 Å². The van der Waals surface area contributed by atoms with Crippen LogP contribution in [0.25, 0.3) is 11.3 Å². The van der Waals surface area contributed by atoms with Gasteiger partial charge in [-0.05, 0) is 12.1 Å². The molecule has 0 bridgehead atoms. The van der Waals surface area contributed by atoms with Crippen LogP contribution in [0.4, 0.5) is 5.69 Å². The fraction of sp³-hybridized carbons (Fsp3) is 0.0909. The van der Waals surface area contributed by atoms with Gasteiger partial charge in [0.1, 0.15) is 0 Å². The Morgan fingerprint density at radius 1 is 1.39 bits per heavy atom. The molecular weight excluding hydrogens is 240 g/mol. The summed E-state index contributed by atoms with van der Waals surface area (Å²) in [6.45, 7) is 0. The van der Waals surface area contributed by atoms with Crippen LogP contribution in [0.3, 0.4) is 0 Å². The zero-order valence-corrected chi connectivity index (χ0v) is 9.32. The number of ether oxygens (including phenoxy) is 1. The number of hydrogen-bond acceptors (Lipinski definition) is 6. The molecule has 0 aliphatic carbocycles. The molecule has 0 N–H and O–H groups in total. The highest BCUT2D eigenvalue weighted by Crippen LogP contribution is 2.23. The van der Waals surface area contributed by atoms with E-state index in [2.05, 4.69) is 9.89 Å². The van der Waals surface area contributed by atoms with Gasteiger partial charge in [0, 0.05) is 23.8 Å². The van der Waals surface area contributed by atoms with Crippen molar-refractivity contribution in [2.24, 2.45) is 0 Å². The van der Waals surface area contributed by atoms with Crippen molar-refractivity contribution >= 4 is 11.7 Å². The monoisotopic (exact) mass is 248 g/mol. The number of nitrogens with zero attached hydrogens (tertiary/aromatic N) is 2. The van der Waals surface area contributed by atoms with Crippen molar-refractivity contribution in [3.8, 4) is 11.3 Å². The maximum absolute atomic E-state index is 11.2. The van der Waals surface area contributed by atoms with Gasteiger partial charge in [-0.3, -0.25) is 10.1 Å². The first kappa shape index (κ1) is 11.8. The van der Waals surface area contributed by atoms with Gasteiger partial charge >= 0.3 is 5.97 Å². The van der Waals surface area contributed by atoms with Crippen LogP contribution in [0, 0.1) is 10.1 Å². The lowest BCUT2D eigenvalue weighted by atomic mass is 10.1. The minimum Gasteiger partial charge on any atom is -0.464 e. The highest BCUT2D eigenvalue weighted by atomic mass is 16.6. The number of non-ortho nitro benzene ring substituents is 1. The molecule has 7 nitrogen and oxygen atoms in total. The normalized spacial score (nSPS) is 10.1. The molecule has 92 valence electrons. The Morgan fingerprint density at radius 2 is 2.06 bits per heavy atom. The van der Waals surface area contributed by atoms with Gasteiger partial charge in [0.15, 0.2) is 11.5 Å². The fourth-order valence-electron chi connectivity index (χ4n) is 1.36. The van der Waals surface area contributed by atoms with Crippen molar-refractivity contribution in [3.05, 3.63) is 46.1 Å². The van der Waals surface area contributed by atoms with Gasteiger partial charge < -0.3 is 9.26 Å². The molecule has 2 aromatic rings. The zero-order valence-electron chi connectivity index (χ0n) is 9.32. The van der Waals surface area contributed by atoms with E-state index in [1.54, 1.807) is 0 Å². The number of rotatable bonds is 3. The van der Waals surface area contributed by atoms with Gasteiger partial charge in [-0.25, -0.2) is 4.79 Å². The molecule has 1 aromatic carbocycles. The maximum Gasteiger partial charge on any atom is 0.360 e. The third-order valence-electron chi connectivity index (χ3n) is 2.27. The molecule has 0 spiro atoms. The van der Waals surface area contributed by atoms with Crippen LogP contribution in [0.2, 0.25) is 0 Å². The summed E-state index contributed by atoms with van der Waals surface area (Å²) >= 11 is 0. The van der Waals surface area contributed by atoms with E-state index < -0.39 is 10.9 Å². The van der Waals surface area contributed by atoms with Crippen molar-refractivity contribution in [2.75, 3.05) is 7.11 Å². The molecule has 0 aliphatic rings. The Kier molecular flexibility index (Phi) is 3.05. The van der Waals surface area contributed by atoms with Gasteiger partial charge in [-0.1, -0.05) is 5.16 Å². The molecule has 1 aromatic heterocycles. The van der Waals surface area contributed by atoms with E-state index >= 15 is 0 Å². The van der Waals surface area contributed by atoms with E-state index in [1.165, 1.54) is 37.4 Å². The number of nitro benzene ring substituents is 1. The van der Waals surface area contributed by atoms with Crippen LogP contribution in [-0.2, 0) is 4.74 Å². The second kappa shape index (κ2) is 4.66. The van der Waals surface area contributed by atoms with E-state index in [0.717, 1.165) is 0 Å². The molecule has 2 rings (SSSR count). The Balaban J connectivity index is 2.29. The first-order chi connectivity index (χ1) is 8.61. The molecule has 0 fully saturated rings. The summed E-state index contributed by atoms with van der Waals surface area (Å²) in [5, 5.41) is 14.0. The van der Waals surface area contributed by atoms with E-state index in [9.17, 15) is 14.9 Å². The molecular formula is C11H8N2O5. The van der Waals surface area contributed by atoms with Crippen LogP contribution < -0.4 is 0 Å². The molecule has 0 radical (unpaired) electrons. The quantitative estimate of drug-likeness (QED) is 0.468. The number of hydrogen-bond donors (Lipinski definition) is 0. The molecule has 1 heterocycles. The van der Waals surface area contributed by atoms with Crippen LogP contribution in [-0.4, -0.2) is 23.2 Å². The second-order valence-electron chi connectivity index (χ2n) is 3.37. The highest BCUT2D eigenvalue weighted by molar-refractivity contribution is 5.88. The average Bonchev–Trinajstić information content (AvgIpc) is 2.87. The standard InChI is InChI=1S/C11H8N2O5/c1-17-11(14)9-6-10(18-12-9)7-2-4-8(5-3-7)13(15)16/h2-6H,1H3. The van der Waals surface area contributed by atoms with E-state index in [-0.39, 0.29) is 11.4 Å². The molecule has 0 saturated carbocycles. The molecule has 18 heavy (non-hydrogen) atoms. The Morgan fingerprint density at radius 3 is 2.61 bits per heavy atom. The summed E-state index contributed by atoms with van der Waals surface area (Å²) in [5.41, 5.74) is 0.612. The average molecular weight is 248 g/mol. The maximum atomic E-state index is 11.2. The molecule has 0 aliphatic heterocycles. The summed E-state index contributed by atoms with van der Waals surface area (Å²) in [4.78, 5) is 21.2. The lowest BCUT2D eigenvalue weighted by Gasteiger charge is -1.94. The predicted octanol–water partition coefficient (Wildman–Crippen LogP) is 2.04. The predicted molar refractivity (Wildman–Crippen MR) is 59.9 cm³/mol. The fourth-order valence-corrected chi connectivity index (χ4v) is 1.36. The van der Waals surface area contributed by atoms with Crippen LogP contribution in [0.1, 0.15) is 10.5 Å². The smallest absolute Gasteiger partial charge is 0.360 e. The lowest BCUT2D eigenvalue weighted by molar-refractivity contribution is -0.384. The number of methoxy groups -OCH3 is 1. The number of esters is 1. The highest BCUT2D eigenvalue weighted by Gasteiger charge is 2.14. The summed E-state index contributed by atoms with van der Waals surface area (Å²) < 4.78 is 9.44. The number of benzene rings is 1. The first-order valence-corrected chi connectivity index (χ1v) is 4.91. The van der Waals surface area contributed by atoms with Gasteiger partial charge in [0.2, 0.25) is 0 Å². The van der Waals surface area contributed by atoms with Crippen molar-refractivity contribution in [2.45, 2.75) is 0 Å². The van der Waals surface area contributed by atoms with Gasteiger partial charge in [-0.2, -0.15) is 0 Å².